The molecule has 0 aromatic rings. The molecule has 5 saturated carbocycles. The van der Waals surface area contributed by atoms with E-state index in [9.17, 15) is 9.59 Å². The summed E-state index contributed by atoms with van der Waals surface area (Å²) in [6, 6.07) is 0.0922. The smallest absolute Gasteiger partial charge is 0.410 e. The van der Waals surface area contributed by atoms with E-state index >= 15 is 0 Å². The maximum absolute atomic E-state index is 13.7. The van der Waals surface area contributed by atoms with Gasteiger partial charge in [-0.1, -0.05) is 12.8 Å². The van der Waals surface area contributed by atoms with E-state index < -0.39 is 5.60 Å². The minimum atomic E-state index is -0.518. The van der Waals surface area contributed by atoms with Crippen LogP contribution in [-0.2, 0) is 9.53 Å². The van der Waals surface area contributed by atoms with Crippen molar-refractivity contribution in [1.29, 1.82) is 0 Å². The number of nitrogens with one attached hydrogen (secondary N) is 1. The highest BCUT2D eigenvalue weighted by Gasteiger charge is 2.49. The molecule has 4 bridgehead atoms. The molecule has 5 aliphatic carbocycles. The van der Waals surface area contributed by atoms with Crippen LogP contribution in [0.5, 0.6) is 0 Å². The number of piperazine rings is 1. The molecular weight excluding hydrogens is 402 g/mol. The van der Waals surface area contributed by atoms with Crippen molar-refractivity contribution in [1.82, 2.24) is 15.1 Å². The van der Waals surface area contributed by atoms with Gasteiger partial charge >= 0.3 is 6.09 Å². The molecule has 32 heavy (non-hydrogen) atoms. The summed E-state index contributed by atoms with van der Waals surface area (Å²) >= 11 is 0. The van der Waals surface area contributed by atoms with E-state index in [0.29, 0.717) is 36.9 Å². The van der Waals surface area contributed by atoms with E-state index in [0.717, 1.165) is 24.9 Å². The van der Waals surface area contributed by atoms with Crippen molar-refractivity contribution < 1.29 is 14.3 Å². The molecule has 0 unspecified atom stereocenters. The Morgan fingerprint density at radius 2 is 1.56 bits per heavy atom. The number of nitrogens with zero attached hydrogens (tertiary/aromatic N) is 2. The second-order valence-corrected chi connectivity index (χ2v) is 12.6. The summed E-state index contributed by atoms with van der Waals surface area (Å²) in [5, 5.41) is 3.53. The van der Waals surface area contributed by atoms with E-state index in [1.165, 1.54) is 57.8 Å². The molecule has 180 valence electrons. The maximum atomic E-state index is 13.7. The predicted octanol–water partition coefficient (Wildman–Crippen LogP) is 4.04. The number of rotatable bonds is 4. The van der Waals surface area contributed by atoms with Gasteiger partial charge in [0.05, 0.1) is 0 Å². The molecule has 0 aromatic heterocycles. The van der Waals surface area contributed by atoms with E-state index in [1.807, 2.05) is 20.8 Å². The predicted molar refractivity (Wildman–Crippen MR) is 124 cm³/mol. The molecule has 0 aromatic carbocycles. The highest BCUT2D eigenvalue weighted by Crippen LogP contribution is 2.53. The Balaban J connectivity index is 1.27. The lowest BCUT2D eigenvalue weighted by Crippen LogP contribution is -2.64. The zero-order chi connectivity index (χ0) is 22.5. The van der Waals surface area contributed by atoms with Crippen molar-refractivity contribution in [3.63, 3.8) is 0 Å². The van der Waals surface area contributed by atoms with Crippen LogP contribution in [0.15, 0.2) is 0 Å². The Morgan fingerprint density at radius 3 is 2.16 bits per heavy atom. The quantitative estimate of drug-likeness (QED) is 0.709. The Hall–Kier alpha value is -1.30. The number of ether oxygens (including phenoxy) is 1. The number of carbonyl (C=O) groups is 2. The van der Waals surface area contributed by atoms with Gasteiger partial charge in [0.1, 0.15) is 11.6 Å². The van der Waals surface area contributed by atoms with Gasteiger partial charge in [-0.3, -0.25) is 9.69 Å². The molecule has 6 nitrogen and oxygen atoms in total. The number of hydrogen-bond acceptors (Lipinski definition) is 4. The van der Waals surface area contributed by atoms with Gasteiger partial charge in [-0.05, 0) is 95.3 Å². The first kappa shape index (κ1) is 22.5. The van der Waals surface area contributed by atoms with Crippen molar-refractivity contribution in [2.75, 3.05) is 26.2 Å². The molecule has 1 atom stereocenters. The summed E-state index contributed by atoms with van der Waals surface area (Å²) in [5.74, 6) is 3.99. The lowest BCUT2D eigenvalue weighted by molar-refractivity contribution is -0.133. The minimum Gasteiger partial charge on any atom is -0.444 e. The van der Waals surface area contributed by atoms with Crippen LogP contribution in [0.4, 0.5) is 4.79 Å². The molecule has 2 amide bonds. The summed E-state index contributed by atoms with van der Waals surface area (Å²) in [4.78, 5) is 30.6. The van der Waals surface area contributed by atoms with Gasteiger partial charge in [0.25, 0.3) is 0 Å². The SMILES string of the molecule is CC(C)(C)OC(=O)N1CCN(CC2CCCC2)[C@@H](C(=O)NC2C3CC4CC(C3)CC2C4)C1. The molecule has 1 aliphatic heterocycles. The molecule has 6 aliphatic rings. The van der Waals surface area contributed by atoms with Crippen LogP contribution in [0.25, 0.3) is 0 Å². The summed E-state index contributed by atoms with van der Waals surface area (Å²) in [5.41, 5.74) is -0.518. The summed E-state index contributed by atoms with van der Waals surface area (Å²) in [6.07, 6.45) is 11.5. The fraction of sp³-hybridized carbons (Fsp3) is 0.923. The van der Waals surface area contributed by atoms with Crippen LogP contribution >= 0.6 is 0 Å². The Bertz CT molecular complexity index is 684. The zero-order valence-corrected chi connectivity index (χ0v) is 20.4. The number of amides is 2. The Labute approximate surface area is 193 Å². The standard InChI is InChI=1S/C26H43N3O3/c1-26(2,3)32-25(31)29-9-8-28(15-17-6-4-5-7-17)22(16-29)24(30)27-23-20-11-18-10-19(13-20)14-21(23)12-18/h17-23H,4-16H2,1-3H3,(H,27,30)/t18?,19?,20?,21?,22-,23?/m1/s1. The first-order valence-corrected chi connectivity index (χ1v) is 13.3. The van der Waals surface area contributed by atoms with Gasteiger partial charge in [-0.25, -0.2) is 4.79 Å². The zero-order valence-electron chi connectivity index (χ0n) is 20.4. The van der Waals surface area contributed by atoms with Crippen LogP contribution in [0.1, 0.15) is 78.6 Å². The molecule has 0 spiro atoms. The van der Waals surface area contributed by atoms with Gasteiger partial charge in [-0.15, -0.1) is 0 Å². The van der Waals surface area contributed by atoms with Crippen LogP contribution in [-0.4, -0.2) is 65.7 Å². The van der Waals surface area contributed by atoms with Crippen LogP contribution in [0.2, 0.25) is 0 Å². The molecular formula is C26H43N3O3. The summed E-state index contributed by atoms with van der Waals surface area (Å²) < 4.78 is 5.64. The van der Waals surface area contributed by atoms with E-state index in [-0.39, 0.29) is 18.0 Å². The molecule has 1 saturated heterocycles. The Kier molecular flexibility index (Phi) is 6.19. The van der Waals surface area contributed by atoms with Crippen molar-refractivity contribution >= 4 is 12.0 Å². The average Bonchev–Trinajstić information content (AvgIpc) is 3.22. The van der Waals surface area contributed by atoms with E-state index in [4.69, 9.17) is 4.74 Å². The first-order chi connectivity index (χ1) is 15.2. The normalized spacial score (nSPS) is 37.7. The molecule has 6 heteroatoms. The van der Waals surface area contributed by atoms with Crippen LogP contribution < -0.4 is 5.32 Å². The molecule has 1 N–H and O–H groups in total. The highest BCUT2D eigenvalue weighted by atomic mass is 16.6. The van der Waals surface area contributed by atoms with Gasteiger partial charge in [-0.2, -0.15) is 0 Å². The Morgan fingerprint density at radius 1 is 0.938 bits per heavy atom. The van der Waals surface area contributed by atoms with Crippen molar-refractivity contribution in [3.05, 3.63) is 0 Å². The lowest BCUT2D eigenvalue weighted by atomic mass is 9.54. The first-order valence-electron chi connectivity index (χ1n) is 13.3. The minimum absolute atomic E-state index is 0.147. The van der Waals surface area contributed by atoms with Gasteiger partial charge in [0, 0.05) is 32.2 Å². The third kappa shape index (κ3) is 4.80. The second-order valence-electron chi connectivity index (χ2n) is 12.6. The third-order valence-corrected chi connectivity index (χ3v) is 8.95. The van der Waals surface area contributed by atoms with Gasteiger partial charge in [0.2, 0.25) is 5.91 Å². The van der Waals surface area contributed by atoms with Gasteiger partial charge < -0.3 is 15.0 Å². The lowest BCUT2D eigenvalue weighted by Gasteiger charge is -2.54. The van der Waals surface area contributed by atoms with E-state index in [2.05, 4.69) is 10.2 Å². The molecule has 6 rings (SSSR count). The number of hydrogen-bond donors (Lipinski definition) is 1. The average molecular weight is 446 g/mol. The maximum Gasteiger partial charge on any atom is 0.410 e. The third-order valence-electron chi connectivity index (χ3n) is 8.95. The van der Waals surface area contributed by atoms with Crippen molar-refractivity contribution in [3.8, 4) is 0 Å². The monoisotopic (exact) mass is 445 g/mol. The van der Waals surface area contributed by atoms with Crippen LogP contribution in [0, 0.1) is 29.6 Å². The topological polar surface area (TPSA) is 61.9 Å². The van der Waals surface area contributed by atoms with Crippen molar-refractivity contribution in [2.45, 2.75) is 96.2 Å². The summed E-state index contributed by atoms with van der Waals surface area (Å²) in [7, 11) is 0. The van der Waals surface area contributed by atoms with Gasteiger partial charge in [0.15, 0.2) is 0 Å². The molecule has 0 radical (unpaired) electrons. The number of carbonyl (C=O) groups excluding carboxylic acids is 2. The second kappa shape index (κ2) is 8.81. The fourth-order valence-electron chi connectivity index (χ4n) is 7.73. The fourth-order valence-corrected chi connectivity index (χ4v) is 7.73. The van der Waals surface area contributed by atoms with E-state index in [1.54, 1.807) is 4.90 Å². The largest absolute Gasteiger partial charge is 0.444 e. The molecule has 1 heterocycles. The highest BCUT2D eigenvalue weighted by molar-refractivity contribution is 5.83. The van der Waals surface area contributed by atoms with Crippen molar-refractivity contribution in [2.24, 2.45) is 29.6 Å². The summed E-state index contributed by atoms with van der Waals surface area (Å²) in [6.45, 7) is 8.54. The van der Waals surface area contributed by atoms with Crippen LogP contribution in [0.3, 0.4) is 0 Å². The molecule has 6 fully saturated rings.